The molecule has 1 N–H and O–H groups in total. The summed E-state index contributed by atoms with van der Waals surface area (Å²) in [6, 6.07) is 3.40. The van der Waals surface area contributed by atoms with Crippen molar-refractivity contribution < 1.29 is 28.8 Å². The first kappa shape index (κ1) is 59.8. The van der Waals surface area contributed by atoms with Gasteiger partial charge in [0.25, 0.3) is 0 Å². The maximum absolute atomic E-state index is 10.7. The van der Waals surface area contributed by atoms with Gasteiger partial charge in [-0.1, -0.05) is 96.4 Å². The Morgan fingerprint density at radius 1 is 0.640 bits per heavy atom. The first-order valence-electron chi connectivity index (χ1n) is 17.5. The van der Waals surface area contributed by atoms with Gasteiger partial charge in [0.15, 0.2) is 23.1 Å². The molecule has 0 aromatic rings. The molecule has 0 heterocycles. The minimum atomic E-state index is -0.0866. The van der Waals surface area contributed by atoms with E-state index in [1.165, 1.54) is 12.2 Å². The number of Topliss-reactive ketones (excluding diaryl/α,β-unsaturated/α-hetero) is 3. The highest BCUT2D eigenvalue weighted by Crippen LogP contribution is 2.03. The van der Waals surface area contributed by atoms with E-state index in [-0.39, 0.29) is 97.1 Å². The lowest BCUT2D eigenvalue weighted by molar-refractivity contribution is -0.124. The molecule has 0 saturated carbocycles. The van der Waals surface area contributed by atoms with Crippen molar-refractivity contribution >= 4 is 104 Å². The first-order chi connectivity index (χ1) is 23.2. The van der Waals surface area contributed by atoms with E-state index in [0.29, 0.717) is 23.1 Å². The third kappa shape index (κ3) is 52.5. The van der Waals surface area contributed by atoms with Crippen LogP contribution in [-0.2, 0) is 28.8 Å². The monoisotopic (exact) mass is 818 g/mol. The average Bonchev–Trinajstić information content (AvgIpc) is 3.07. The van der Waals surface area contributed by atoms with Crippen LogP contribution in [0.2, 0.25) is 63.5 Å². The molecule has 0 aromatic heterocycles. The second kappa shape index (κ2) is 44.7. The number of ketones is 4. The summed E-state index contributed by atoms with van der Waals surface area (Å²) in [6.07, 6.45) is 5.18. The summed E-state index contributed by atoms with van der Waals surface area (Å²) in [6.45, 7) is 38.8. The molecule has 15 heteroatoms. The van der Waals surface area contributed by atoms with E-state index >= 15 is 0 Å². The van der Waals surface area contributed by atoms with Crippen LogP contribution in [0.1, 0.15) is 27.2 Å². The van der Waals surface area contributed by atoms with Crippen molar-refractivity contribution in [3.05, 3.63) is 73.4 Å². The van der Waals surface area contributed by atoms with Crippen molar-refractivity contribution in [3.63, 3.8) is 0 Å². The second-order valence-electron chi connectivity index (χ2n) is 11.3. The van der Waals surface area contributed by atoms with Crippen molar-refractivity contribution in [1.29, 1.82) is 0 Å². The normalized spacial score (nSPS) is 10.1. The van der Waals surface area contributed by atoms with Gasteiger partial charge in [-0.15, -0.1) is 0 Å². The van der Waals surface area contributed by atoms with Crippen LogP contribution in [0.3, 0.4) is 0 Å². The summed E-state index contributed by atoms with van der Waals surface area (Å²) in [5.74, 6) is 0.729. The van der Waals surface area contributed by atoms with Crippen LogP contribution in [0.4, 0.5) is 0 Å². The summed E-state index contributed by atoms with van der Waals surface area (Å²) in [5.41, 5.74) is 2.01. The molecule has 0 radical (unpaired) electrons. The fraction of sp³-hybridized carbons (Fsp3) is 0.486. The molecule has 0 aliphatic carbocycles. The Balaban J connectivity index is -0.000000116. The molecule has 0 aromatic carbocycles. The number of hydrogen-bond donors (Lipinski definition) is 1. The summed E-state index contributed by atoms with van der Waals surface area (Å²) in [4.78, 5) is 65.5. The Labute approximate surface area is 324 Å². The molecule has 0 unspecified atom stereocenters. The van der Waals surface area contributed by atoms with Crippen molar-refractivity contribution in [2.75, 3.05) is 19.4 Å². The predicted octanol–water partition coefficient (Wildman–Crippen LogP) is 2.90. The third-order valence-corrected chi connectivity index (χ3v) is 11.8. The summed E-state index contributed by atoms with van der Waals surface area (Å²) in [7, 11) is 1.52. The number of halogens is 1. The van der Waals surface area contributed by atoms with Crippen molar-refractivity contribution in [2.45, 2.75) is 90.7 Å². The Bertz CT molecular complexity index is 1020. The number of nitrogens with zero attached hydrogens (tertiary/aromatic N) is 1. The van der Waals surface area contributed by atoms with Gasteiger partial charge in [-0.2, -0.15) is 0 Å². The highest BCUT2D eigenvalue weighted by atomic mass is 35.5. The molecule has 50 heavy (non-hydrogen) atoms. The number of likely N-dealkylation sites (N-methyl/N-ethyl adjacent to an activating group) is 1. The molecule has 288 valence electrons. The Morgan fingerprint density at radius 2 is 1.08 bits per heavy atom. The van der Waals surface area contributed by atoms with E-state index < -0.39 is 0 Å². The minimum absolute atomic E-state index is 0.00557. The molecule has 0 spiro atoms. The summed E-state index contributed by atoms with van der Waals surface area (Å²) >= 11 is 5.34. The third-order valence-electron chi connectivity index (χ3n) is 5.72. The maximum atomic E-state index is 10.7. The van der Waals surface area contributed by atoms with E-state index in [1.807, 2.05) is 0 Å². The van der Waals surface area contributed by atoms with Gasteiger partial charge >= 0.3 is 0 Å². The topological polar surface area (TPSA) is 118 Å². The number of carbonyl (C=O) groups is 6. The maximum Gasteiger partial charge on any atom is 0.246 e. The highest BCUT2D eigenvalue weighted by molar-refractivity contribution is 6.43. The van der Waals surface area contributed by atoms with E-state index in [1.54, 1.807) is 32.7 Å². The van der Waals surface area contributed by atoms with Gasteiger partial charge in [-0.3, -0.25) is 28.8 Å². The Kier molecular flexibility index (Phi) is 53.4. The number of rotatable bonds is 19. The summed E-state index contributed by atoms with van der Waals surface area (Å²) in [5, 5.41) is 2.93. The zero-order chi connectivity index (χ0) is 40.7. The van der Waals surface area contributed by atoms with Crippen LogP contribution < -0.4 is 5.32 Å². The molecule has 0 aliphatic heterocycles. The van der Waals surface area contributed by atoms with Crippen molar-refractivity contribution in [3.8, 4) is 0 Å². The number of carbonyl (C=O) groups excluding carboxylic acids is 6. The number of nitrogens with one attached hydrogen (secondary N) is 1. The largest absolute Gasteiger partial charge is 0.356 e. The number of hydrogen-bond acceptors (Lipinski definition) is 6. The van der Waals surface area contributed by atoms with Crippen LogP contribution in [0.25, 0.3) is 0 Å². The van der Waals surface area contributed by atoms with Crippen LogP contribution in [0.5, 0.6) is 0 Å². The highest BCUT2D eigenvalue weighted by Gasteiger charge is 2.02. The molecular formula is C35H71ClN2O6Si6. The van der Waals surface area contributed by atoms with Crippen LogP contribution in [0, 0.1) is 0 Å². The van der Waals surface area contributed by atoms with Crippen LogP contribution >= 0.6 is 11.6 Å². The van der Waals surface area contributed by atoms with Crippen LogP contribution in [-0.4, -0.2) is 116 Å². The predicted molar refractivity (Wildman–Crippen MR) is 241 cm³/mol. The molecule has 0 fully saturated rings. The molecule has 0 bridgehead atoms. The second-order valence-corrected chi connectivity index (χ2v) is 20.9. The Hall–Kier alpha value is -2.35. The lowest BCUT2D eigenvalue weighted by Crippen LogP contribution is -2.27. The van der Waals surface area contributed by atoms with E-state index in [0.717, 1.165) is 36.5 Å². The molecule has 8 nitrogen and oxygen atoms in total. The lowest BCUT2D eigenvalue weighted by atomic mass is 10.2. The minimum Gasteiger partial charge on any atom is -0.356 e. The molecule has 0 aliphatic rings. The fourth-order valence-corrected chi connectivity index (χ4v) is 7.29. The summed E-state index contributed by atoms with van der Waals surface area (Å²) < 4.78 is 0. The Morgan fingerprint density at radius 3 is 1.30 bits per heavy atom. The first-order valence-corrected chi connectivity index (χ1v) is 32.3. The molecule has 0 saturated heterocycles. The molecule has 0 rings (SSSR count). The SMILES string of the molecule is C=C(C)C(=O)C[SiH2]C.C=C(C)C(=O)C[SiH2]C.C=C(C)C(=O)NC[SiH2]C.C=C(Cl)C(=O)CC[SiH2]C.C=CC(=O)C[SiH2]C.C=CC(=O)N(C)C[SiH2]C. The van der Waals surface area contributed by atoms with Gasteiger partial charge in [-0.25, -0.2) is 0 Å². The lowest BCUT2D eigenvalue weighted by Gasteiger charge is -2.12. The van der Waals surface area contributed by atoms with Gasteiger partial charge in [0.1, 0.15) is 0 Å². The van der Waals surface area contributed by atoms with E-state index in [9.17, 15) is 28.8 Å². The van der Waals surface area contributed by atoms with Gasteiger partial charge < -0.3 is 10.2 Å². The quantitative estimate of drug-likeness (QED) is 0.158. The van der Waals surface area contributed by atoms with Gasteiger partial charge in [0.2, 0.25) is 11.8 Å². The number of amides is 2. The molecular weight excluding hydrogens is 748 g/mol. The van der Waals surface area contributed by atoms with Crippen LogP contribution in [0.15, 0.2) is 73.4 Å². The van der Waals surface area contributed by atoms with Gasteiger partial charge in [-0.05, 0) is 62.2 Å². The van der Waals surface area contributed by atoms with Crippen molar-refractivity contribution in [1.82, 2.24) is 10.2 Å². The molecule has 0 atom stereocenters. The van der Waals surface area contributed by atoms with Crippen molar-refractivity contribution in [2.24, 2.45) is 0 Å². The van der Waals surface area contributed by atoms with E-state index in [4.69, 9.17) is 11.6 Å². The fourth-order valence-electron chi connectivity index (χ4n) is 2.69. The zero-order valence-corrected chi connectivity index (χ0v) is 42.6. The molecule has 2 amide bonds. The average molecular weight is 820 g/mol. The van der Waals surface area contributed by atoms with Gasteiger partial charge in [0.05, 0.1) is 5.03 Å². The number of allylic oxidation sites excluding steroid dienone is 4. The smallest absolute Gasteiger partial charge is 0.246 e. The van der Waals surface area contributed by atoms with Gasteiger partial charge in [0, 0.05) is 88.5 Å². The zero-order valence-electron chi connectivity index (χ0n) is 33.4. The standard InChI is InChI=1S/C6H11ClOSi.2C6H13NOSi.2C6H12OSi.C5H10OSi/c1-5(7)6(8)3-4-9-2;1-5(2)6(8)7-4-9-3;1-4-6(8)7(2)5-9-3;2*1-5(2)6(7)4-8-3;1-3-5(6)4-7-2/h1,3-4,9H2,2H3;1,4,9H2,2-3H3,(H,7,8);4H,1,5,9H2,2-3H3;2*1,4,8H2,2-3H3;3H,1,4,7H2,2H3. The van der Waals surface area contributed by atoms with E-state index in [2.05, 4.69) is 84.1 Å².